The van der Waals surface area contributed by atoms with Crippen LogP contribution in [0.2, 0.25) is 0 Å². The van der Waals surface area contributed by atoms with Gasteiger partial charge < -0.3 is 9.30 Å². The molecule has 0 unspecified atom stereocenters. The lowest BCUT2D eigenvalue weighted by atomic mass is 10.1. The maximum atomic E-state index is 13.1. The first-order valence-electron chi connectivity index (χ1n) is 10.1. The first-order valence-corrected chi connectivity index (χ1v) is 10.9. The van der Waals surface area contributed by atoms with Gasteiger partial charge in [0.2, 0.25) is 0 Å². The summed E-state index contributed by atoms with van der Waals surface area (Å²) in [6.07, 6.45) is 7.18. The van der Waals surface area contributed by atoms with Crippen molar-refractivity contribution in [2.75, 3.05) is 18.1 Å². The van der Waals surface area contributed by atoms with Crippen LogP contribution in [0.4, 0.5) is 5.13 Å². The zero-order valence-corrected chi connectivity index (χ0v) is 18.9. The van der Waals surface area contributed by atoms with E-state index in [1.54, 1.807) is 28.8 Å². The number of halogens is 1. The van der Waals surface area contributed by atoms with E-state index in [4.69, 9.17) is 9.72 Å². The van der Waals surface area contributed by atoms with E-state index in [9.17, 15) is 4.79 Å². The summed E-state index contributed by atoms with van der Waals surface area (Å²) in [6.45, 7) is 3.45. The molecule has 0 aliphatic rings. The Hall–Kier alpha value is -2.90. The zero-order valence-electron chi connectivity index (χ0n) is 17.3. The van der Waals surface area contributed by atoms with Gasteiger partial charge in [0.1, 0.15) is 5.75 Å². The van der Waals surface area contributed by atoms with Gasteiger partial charge in [-0.25, -0.2) is 9.97 Å². The predicted molar refractivity (Wildman–Crippen MR) is 127 cm³/mol. The molecule has 0 N–H and O–H groups in total. The quantitative estimate of drug-likeness (QED) is 0.356. The molecule has 2 aromatic carbocycles. The number of para-hydroxylation sites is 2. The average molecular weight is 457 g/mol. The number of aromatic nitrogens is 3. The predicted octanol–water partition coefficient (Wildman–Crippen LogP) is 4.98. The van der Waals surface area contributed by atoms with Crippen LogP contribution < -0.4 is 9.64 Å². The first kappa shape index (κ1) is 22.8. The fraction of sp³-hybridized carbons (Fsp3) is 0.261. The van der Waals surface area contributed by atoms with Gasteiger partial charge in [-0.05, 0) is 36.6 Å². The van der Waals surface area contributed by atoms with E-state index in [0.29, 0.717) is 12.3 Å². The highest BCUT2D eigenvalue weighted by molar-refractivity contribution is 7.22. The zero-order chi connectivity index (χ0) is 20.8. The third-order valence-corrected chi connectivity index (χ3v) is 5.91. The van der Waals surface area contributed by atoms with E-state index >= 15 is 0 Å². The topological polar surface area (TPSA) is 60.2 Å². The molecule has 0 saturated heterocycles. The Morgan fingerprint density at radius 1 is 1.16 bits per heavy atom. The summed E-state index contributed by atoms with van der Waals surface area (Å²) in [5.41, 5.74) is 2.18. The van der Waals surface area contributed by atoms with Crippen LogP contribution in [0.1, 0.15) is 18.9 Å². The number of nitrogens with zero attached hydrogens (tertiary/aromatic N) is 4. The largest absolute Gasteiger partial charge is 0.484 e. The molecule has 6 nitrogen and oxygen atoms in total. The number of rotatable bonds is 9. The number of amides is 1. The standard InChI is InChI=1S/C23H24N4O2S.ClH/c1-2-18-8-6-11-20-22(18)25-23(30-20)27(14-7-13-26-15-12-24-17-26)21(28)16-29-19-9-4-3-5-10-19;/h3-6,8-12,15,17H,2,7,13-14,16H2,1H3;1H. The minimum absolute atomic E-state index is 0. The molecule has 0 spiro atoms. The maximum absolute atomic E-state index is 13.1. The molecule has 0 atom stereocenters. The van der Waals surface area contributed by atoms with Crippen molar-refractivity contribution in [2.45, 2.75) is 26.3 Å². The van der Waals surface area contributed by atoms with Crippen LogP contribution in [0.3, 0.4) is 0 Å². The van der Waals surface area contributed by atoms with Crippen LogP contribution in [0.25, 0.3) is 10.2 Å². The minimum atomic E-state index is -0.0958. The summed E-state index contributed by atoms with van der Waals surface area (Å²) in [5, 5.41) is 0.721. The summed E-state index contributed by atoms with van der Waals surface area (Å²) in [5.74, 6) is 0.586. The molecule has 2 aromatic heterocycles. The molecule has 31 heavy (non-hydrogen) atoms. The van der Waals surface area contributed by atoms with Crippen molar-refractivity contribution in [2.24, 2.45) is 0 Å². The van der Waals surface area contributed by atoms with Crippen molar-refractivity contribution < 1.29 is 9.53 Å². The summed E-state index contributed by atoms with van der Waals surface area (Å²) in [6, 6.07) is 15.6. The Kier molecular flexibility index (Phi) is 8.03. The second-order valence-electron chi connectivity index (χ2n) is 6.92. The molecule has 0 aliphatic heterocycles. The number of anilines is 1. The van der Waals surface area contributed by atoms with Crippen LogP contribution >= 0.6 is 23.7 Å². The van der Waals surface area contributed by atoms with E-state index in [2.05, 4.69) is 24.0 Å². The molecule has 0 radical (unpaired) electrons. The van der Waals surface area contributed by atoms with Gasteiger partial charge >= 0.3 is 0 Å². The number of carbonyl (C=O) groups excluding carboxylic acids is 1. The lowest BCUT2D eigenvalue weighted by molar-refractivity contribution is -0.120. The molecule has 0 saturated carbocycles. The van der Waals surface area contributed by atoms with Crippen LogP contribution in [-0.4, -0.2) is 33.6 Å². The summed E-state index contributed by atoms with van der Waals surface area (Å²) in [7, 11) is 0. The number of thiazole rings is 1. The highest BCUT2D eigenvalue weighted by Crippen LogP contribution is 2.31. The second kappa shape index (κ2) is 10.9. The minimum Gasteiger partial charge on any atom is -0.484 e. The highest BCUT2D eigenvalue weighted by Gasteiger charge is 2.21. The van der Waals surface area contributed by atoms with Crippen LogP contribution in [0.5, 0.6) is 5.75 Å². The Morgan fingerprint density at radius 2 is 2.00 bits per heavy atom. The number of aryl methyl sites for hydroxylation is 2. The number of ether oxygens (including phenoxy) is 1. The maximum Gasteiger partial charge on any atom is 0.266 e. The van der Waals surface area contributed by atoms with Gasteiger partial charge in [-0.2, -0.15) is 0 Å². The first-order chi connectivity index (χ1) is 14.7. The smallest absolute Gasteiger partial charge is 0.266 e. The van der Waals surface area contributed by atoms with Crippen LogP contribution in [0.15, 0.2) is 67.3 Å². The average Bonchev–Trinajstić information content (AvgIpc) is 3.45. The third-order valence-electron chi connectivity index (χ3n) is 4.87. The van der Waals surface area contributed by atoms with Crippen molar-refractivity contribution in [3.8, 4) is 5.75 Å². The lowest BCUT2D eigenvalue weighted by Crippen LogP contribution is -2.36. The SMILES string of the molecule is CCc1cccc2sc(N(CCCn3ccnc3)C(=O)COc3ccccc3)nc12.Cl. The Bertz CT molecular complexity index is 1100. The fourth-order valence-electron chi connectivity index (χ4n) is 3.29. The number of hydrogen-bond acceptors (Lipinski definition) is 5. The van der Waals surface area contributed by atoms with Gasteiger partial charge in [0.25, 0.3) is 5.91 Å². The van der Waals surface area contributed by atoms with E-state index < -0.39 is 0 Å². The molecule has 2 heterocycles. The number of carbonyl (C=O) groups is 1. The summed E-state index contributed by atoms with van der Waals surface area (Å²) in [4.78, 5) is 23.7. The van der Waals surface area contributed by atoms with Crippen LogP contribution in [0, 0.1) is 0 Å². The Morgan fingerprint density at radius 3 is 2.74 bits per heavy atom. The van der Waals surface area contributed by atoms with E-state index in [0.717, 1.165) is 34.7 Å². The van der Waals surface area contributed by atoms with Gasteiger partial charge in [-0.1, -0.05) is 48.6 Å². The Labute approximate surface area is 191 Å². The fourth-order valence-corrected chi connectivity index (χ4v) is 4.35. The molecule has 0 fully saturated rings. The molecular weight excluding hydrogens is 432 g/mol. The molecule has 8 heteroatoms. The van der Waals surface area contributed by atoms with Gasteiger partial charge in [0, 0.05) is 25.5 Å². The van der Waals surface area contributed by atoms with Gasteiger partial charge in [-0.3, -0.25) is 9.69 Å². The van der Waals surface area contributed by atoms with E-state index in [1.165, 1.54) is 5.56 Å². The van der Waals surface area contributed by atoms with Crippen LogP contribution in [-0.2, 0) is 17.8 Å². The van der Waals surface area contributed by atoms with Crippen molar-refractivity contribution in [1.29, 1.82) is 0 Å². The lowest BCUT2D eigenvalue weighted by Gasteiger charge is -2.20. The molecule has 1 amide bonds. The summed E-state index contributed by atoms with van der Waals surface area (Å²) >= 11 is 1.55. The highest BCUT2D eigenvalue weighted by atomic mass is 35.5. The molecule has 0 aliphatic carbocycles. The van der Waals surface area contributed by atoms with E-state index in [-0.39, 0.29) is 24.9 Å². The number of fused-ring (bicyclic) bond motifs is 1. The molecule has 4 rings (SSSR count). The van der Waals surface area contributed by atoms with Crippen molar-refractivity contribution in [3.05, 3.63) is 72.8 Å². The molecule has 0 bridgehead atoms. The number of benzene rings is 2. The second-order valence-corrected chi connectivity index (χ2v) is 7.92. The Balaban J connectivity index is 0.00000272. The number of imidazole rings is 1. The molecular formula is C23H25ClN4O2S. The van der Waals surface area contributed by atoms with Gasteiger partial charge in [-0.15, -0.1) is 12.4 Å². The summed E-state index contributed by atoms with van der Waals surface area (Å²) < 4.78 is 8.82. The van der Waals surface area contributed by atoms with Gasteiger partial charge in [0.05, 0.1) is 16.5 Å². The monoisotopic (exact) mass is 456 g/mol. The molecule has 162 valence electrons. The normalized spacial score (nSPS) is 10.6. The number of hydrogen-bond donors (Lipinski definition) is 0. The van der Waals surface area contributed by atoms with Crippen molar-refractivity contribution in [3.63, 3.8) is 0 Å². The van der Waals surface area contributed by atoms with Crippen molar-refractivity contribution in [1.82, 2.24) is 14.5 Å². The molecule has 4 aromatic rings. The van der Waals surface area contributed by atoms with Gasteiger partial charge in [0.15, 0.2) is 11.7 Å². The van der Waals surface area contributed by atoms with Crippen molar-refractivity contribution >= 4 is 45.0 Å². The third kappa shape index (κ3) is 5.62. The van der Waals surface area contributed by atoms with E-state index in [1.807, 2.05) is 47.2 Å².